The lowest BCUT2D eigenvalue weighted by atomic mass is 10.2. The SMILES string of the molecule is C=C(N)c1ccc2nc(C)sc2c1. The van der Waals surface area contributed by atoms with E-state index < -0.39 is 0 Å². The number of aryl methyl sites for hydroxylation is 1. The van der Waals surface area contributed by atoms with Crippen LogP contribution in [0, 0.1) is 6.92 Å². The lowest BCUT2D eigenvalue weighted by Crippen LogP contribution is -1.92. The quantitative estimate of drug-likeness (QED) is 0.750. The van der Waals surface area contributed by atoms with Crippen LogP contribution in [-0.4, -0.2) is 4.98 Å². The van der Waals surface area contributed by atoms with Crippen molar-refractivity contribution in [3.8, 4) is 0 Å². The van der Waals surface area contributed by atoms with Gasteiger partial charge in [-0.25, -0.2) is 4.98 Å². The molecule has 0 unspecified atom stereocenters. The predicted molar refractivity (Wildman–Crippen MR) is 57.6 cm³/mol. The Morgan fingerprint density at radius 2 is 2.31 bits per heavy atom. The molecule has 0 atom stereocenters. The number of nitrogens with two attached hydrogens (primary N) is 1. The summed E-state index contributed by atoms with van der Waals surface area (Å²) >= 11 is 1.68. The Labute approximate surface area is 80.7 Å². The first-order valence-electron chi connectivity index (χ1n) is 3.99. The average molecular weight is 190 g/mol. The highest BCUT2D eigenvalue weighted by atomic mass is 32.1. The smallest absolute Gasteiger partial charge is 0.0907 e. The van der Waals surface area contributed by atoms with E-state index in [1.807, 2.05) is 25.1 Å². The van der Waals surface area contributed by atoms with Crippen LogP contribution in [0.3, 0.4) is 0 Å². The Hall–Kier alpha value is -1.35. The first-order valence-corrected chi connectivity index (χ1v) is 4.80. The van der Waals surface area contributed by atoms with E-state index in [2.05, 4.69) is 11.6 Å². The number of hydrogen-bond donors (Lipinski definition) is 1. The second-order valence-electron chi connectivity index (χ2n) is 2.94. The molecule has 0 aliphatic rings. The largest absolute Gasteiger partial charge is 0.399 e. The van der Waals surface area contributed by atoms with Gasteiger partial charge in [-0.3, -0.25) is 0 Å². The molecule has 0 amide bonds. The second-order valence-corrected chi connectivity index (χ2v) is 4.18. The second kappa shape index (κ2) is 2.85. The van der Waals surface area contributed by atoms with Gasteiger partial charge in [0.15, 0.2) is 0 Å². The lowest BCUT2D eigenvalue weighted by molar-refractivity contribution is 1.35. The number of fused-ring (bicyclic) bond motifs is 1. The van der Waals surface area contributed by atoms with Gasteiger partial charge in [0.1, 0.15) is 0 Å². The zero-order valence-corrected chi connectivity index (χ0v) is 8.19. The van der Waals surface area contributed by atoms with E-state index >= 15 is 0 Å². The topological polar surface area (TPSA) is 38.9 Å². The highest BCUT2D eigenvalue weighted by Gasteiger charge is 2.01. The zero-order chi connectivity index (χ0) is 9.42. The molecule has 1 aromatic carbocycles. The third kappa shape index (κ3) is 1.42. The predicted octanol–water partition coefficient (Wildman–Crippen LogP) is 2.53. The third-order valence-corrected chi connectivity index (χ3v) is 2.80. The first-order chi connectivity index (χ1) is 6.16. The Balaban J connectivity index is 2.67. The summed E-state index contributed by atoms with van der Waals surface area (Å²) in [5, 5.41) is 1.08. The molecule has 1 heterocycles. The van der Waals surface area contributed by atoms with E-state index in [-0.39, 0.29) is 0 Å². The van der Waals surface area contributed by atoms with Crippen molar-refractivity contribution in [2.45, 2.75) is 6.92 Å². The maximum atomic E-state index is 5.60. The van der Waals surface area contributed by atoms with Gasteiger partial charge in [0, 0.05) is 5.70 Å². The molecule has 0 radical (unpaired) electrons. The van der Waals surface area contributed by atoms with Gasteiger partial charge in [-0.1, -0.05) is 12.6 Å². The molecule has 2 nitrogen and oxygen atoms in total. The minimum Gasteiger partial charge on any atom is -0.399 e. The minimum atomic E-state index is 0.605. The number of aromatic nitrogens is 1. The van der Waals surface area contributed by atoms with Crippen LogP contribution in [0.1, 0.15) is 10.6 Å². The maximum Gasteiger partial charge on any atom is 0.0907 e. The summed E-state index contributed by atoms with van der Waals surface area (Å²) in [6, 6.07) is 5.96. The number of benzene rings is 1. The monoisotopic (exact) mass is 190 g/mol. The van der Waals surface area contributed by atoms with Gasteiger partial charge < -0.3 is 5.73 Å². The van der Waals surface area contributed by atoms with Gasteiger partial charge >= 0.3 is 0 Å². The van der Waals surface area contributed by atoms with E-state index in [0.29, 0.717) is 5.70 Å². The summed E-state index contributed by atoms with van der Waals surface area (Å²) in [6.07, 6.45) is 0. The lowest BCUT2D eigenvalue weighted by Gasteiger charge is -1.97. The summed E-state index contributed by atoms with van der Waals surface area (Å²) in [4.78, 5) is 4.36. The summed E-state index contributed by atoms with van der Waals surface area (Å²) in [5.74, 6) is 0. The maximum absolute atomic E-state index is 5.60. The van der Waals surface area contributed by atoms with Gasteiger partial charge in [0.2, 0.25) is 0 Å². The van der Waals surface area contributed by atoms with E-state index in [1.165, 1.54) is 4.70 Å². The zero-order valence-electron chi connectivity index (χ0n) is 7.37. The van der Waals surface area contributed by atoms with E-state index in [1.54, 1.807) is 11.3 Å². The van der Waals surface area contributed by atoms with Crippen molar-refractivity contribution in [1.82, 2.24) is 4.98 Å². The van der Waals surface area contributed by atoms with Crippen molar-refractivity contribution in [1.29, 1.82) is 0 Å². The van der Waals surface area contributed by atoms with Crippen molar-refractivity contribution in [2.75, 3.05) is 0 Å². The van der Waals surface area contributed by atoms with Crippen LogP contribution < -0.4 is 5.73 Å². The fraction of sp³-hybridized carbons (Fsp3) is 0.100. The fourth-order valence-corrected chi connectivity index (χ4v) is 2.11. The molecule has 13 heavy (non-hydrogen) atoms. The van der Waals surface area contributed by atoms with Crippen molar-refractivity contribution in [3.63, 3.8) is 0 Å². The van der Waals surface area contributed by atoms with Gasteiger partial charge in [0.05, 0.1) is 15.2 Å². The molecule has 0 fully saturated rings. The first kappa shape index (κ1) is 8.26. The molecular formula is C10H10N2S. The molecule has 2 rings (SSSR count). The van der Waals surface area contributed by atoms with E-state index in [0.717, 1.165) is 16.1 Å². The van der Waals surface area contributed by atoms with Crippen LogP contribution in [0.2, 0.25) is 0 Å². The van der Waals surface area contributed by atoms with Crippen LogP contribution in [0.4, 0.5) is 0 Å². The normalized spacial score (nSPS) is 10.5. The Morgan fingerprint density at radius 3 is 3.00 bits per heavy atom. The average Bonchev–Trinajstić information content (AvgIpc) is 2.42. The number of hydrogen-bond acceptors (Lipinski definition) is 3. The van der Waals surface area contributed by atoms with Crippen molar-refractivity contribution in [3.05, 3.63) is 35.3 Å². The van der Waals surface area contributed by atoms with Crippen LogP contribution in [0.15, 0.2) is 24.8 Å². The molecule has 1 aromatic heterocycles. The summed E-state index contributed by atoms with van der Waals surface area (Å²) in [6.45, 7) is 5.70. The number of nitrogens with zero attached hydrogens (tertiary/aromatic N) is 1. The molecule has 3 heteroatoms. The minimum absolute atomic E-state index is 0.605. The van der Waals surface area contributed by atoms with Crippen LogP contribution >= 0.6 is 11.3 Å². The van der Waals surface area contributed by atoms with E-state index in [9.17, 15) is 0 Å². The standard InChI is InChI=1S/C10H10N2S/c1-6(11)8-3-4-9-10(5-8)13-7(2)12-9/h3-5H,1,11H2,2H3. The highest BCUT2D eigenvalue weighted by Crippen LogP contribution is 2.23. The molecule has 0 saturated carbocycles. The van der Waals surface area contributed by atoms with Gasteiger partial charge in [-0.05, 0) is 24.6 Å². The summed E-state index contributed by atoms with van der Waals surface area (Å²) in [5.41, 5.74) is 8.22. The molecule has 0 saturated heterocycles. The molecule has 0 aliphatic heterocycles. The Morgan fingerprint density at radius 1 is 1.54 bits per heavy atom. The van der Waals surface area contributed by atoms with E-state index in [4.69, 9.17) is 5.73 Å². The molecule has 2 N–H and O–H groups in total. The number of thiazole rings is 1. The highest BCUT2D eigenvalue weighted by molar-refractivity contribution is 7.18. The van der Waals surface area contributed by atoms with Crippen LogP contribution in [0.25, 0.3) is 15.9 Å². The van der Waals surface area contributed by atoms with Gasteiger partial charge in [-0.15, -0.1) is 11.3 Å². The molecule has 2 aromatic rings. The van der Waals surface area contributed by atoms with Crippen LogP contribution in [-0.2, 0) is 0 Å². The molecule has 0 bridgehead atoms. The summed E-state index contributed by atoms with van der Waals surface area (Å²) in [7, 11) is 0. The molecular weight excluding hydrogens is 180 g/mol. The summed E-state index contributed by atoms with van der Waals surface area (Å²) < 4.78 is 1.17. The van der Waals surface area contributed by atoms with Crippen molar-refractivity contribution >= 4 is 27.3 Å². The number of rotatable bonds is 1. The molecule has 66 valence electrons. The third-order valence-electron chi connectivity index (χ3n) is 1.87. The molecule has 0 aliphatic carbocycles. The van der Waals surface area contributed by atoms with Gasteiger partial charge in [-0.2, -0.15) is 0 Å². The fourth-order valence-electron chi connectivity index (χ4n) is 1.24. The Kier molecular flexibility index (Phi) is 1.81. The van der Waals surface area contributed by atoms with Crippen molar-refractivity contribution < 1.29 is 0 Å². The van der Waals surface area contributed by atoms with Crippen LogP contribution in [0.5, 0.6) is 0 Å². The van der Waals surface area contributed by atoms with Gasteiger partial charge in [0.25, 0.3) is 0 Å². The molecule has 0 spiro atoms. The Bertz CT molecular complexity index is 471. The van der Waals surface area contributed by atoms with Crippen molar-refractivity contribution in [2.24, 2.45) is 5.73 Å².